The molecule has 1 aromatic heterocycles. The monoisotopic (exact) mass is 301 g/mol. The molecule has 0 bridgehead atoms. The van der Waals surface area contributed by atoms with Gasteiger partial charge in [-0.25, -0.2) is 10.4 Å². The highest BCUT2D eigenvalue weighted by Crippen LogP contribution is 2.14. The van der Waals surface area contributed by atoms with Crippen LogP contribution < -0.4 is 5.43 Å². The van der Waals surface area contributed by atoms with Crippen LogP contribution in [0.2, 0.25) is 5.15 Å². The molecule has 0 saturated carbocycles. The number of hydrogen-bond donors (Lipinski definition) is 1. The van der Waals surface area contributed by atoms with Crippen LogP contribution in [-0.2, 0) is 0 Å². The Bertz CT molecular complexity index is 651. The van der Waals surface area contributed by atoms with Gasteiger partial charge in [0.2, 0.25) is 0 Å². The summed E-state index contributed by atoms with van der Waals surface area (Å²) in [6.45, 7) is 4.28. The van der Waals surface area contributed by atoms with E-state index in [1.54, 1.807) is 18.3 Å². The zero-order valence-electron chi connectivity index (χ0n) is 11.9. The SMILES string of the molecule is CC(C)c1ccc(/C=N/NC(=O)c2cccnc2Cl)cc1. The van der Waals surface area contributed by atoms with Crippen molar-refractivity contribution in [3.8, 4) is 0 Å². The largest absolute Gasteiger partial charge is 0.274 e. The van der Waals surface area contributed by atoms with E-state index < -0.39 is 0 Å². The molecule has 108 valence electrons. The second-order valence-corrected chi connectivity index (χ2v) is 5.22. The lowest BCUT2D eigenvalue weighted by atomic mass is 10.0. The van der Waals surface area contributed by atoms with E-state index >= 15 is 0 Å². The molecule has 0 spiro atoms. The summed E-state index contributed by atoms with van der Waals surface area (Å²) in [6, 6.07) is 11.3. The molecule has 1 aromatic carbocycles. The van der Waals surface area contributed by atoms with E-state index in [0.717, 1.165) is 5.56 Å². The number of carbonyl (C=O) groups excluding carboxylic acids is 1. The smallest absolute Gasteiger partial charge is 0.267 e. The van der Waals surface area contributed by atoms with Crippen molar-refractivity contribution >= 4 is 23.7 Å². The molecule has 4 nitrogen and oxygen atoms in total. The summed E-state index contributed by atoms with van der Waals surface area (Å²) >= 11 is 5.84. The molecule has 1 heterocycles. The van der Waals surface area contributed by atoms with Crippen LogP contribution in [0.1, 0.15) is 41.3 Å². The number of halogens is 1. The second-order valence-electron chi connectivity index (χ2n) is 4.86. The van der Waals surface area contributed by atoms with Crippen LogP contribution in [0.3, 0.4) is 0 Å². The van der Waals surface area contributed by atoms with Crippen LogP contribution in [0.25, 0.3) is 0 Å². The number of nitrogens with one attached hydrogen (secondary N) is 1. The van der Waals surface area contributed by atoms with Gasteiger partial charge in [0, 0.05) is 6.20 Å². The topological polar surface area (TPSA) is 54.4 Å². The van der Waals surface area contributed by atoms with Crippen molar-refractivity contribution in [2.24, 2.45) is 5.10 Å². The second kappa shape index (κ2) is 6.99. The van der Waals surface area contributed by atoms with Crippen molar-refractivity contribution in [3.05, 3.63) is 64.4 Å². The summed E-state index contributed by atoms with van der Waals surface area (Å²) in [7, 11) is 0. The molecule has 0 unspecified atom stereocenters. The van der Waals surface area contributed by atoms with Gasteiger partial charge in [-0.3, -0.25) is 4.79 Å². The van der Waals surface area contributed by atoms with E-state index in [1.165, 1.54) is 11.8 Å². The Balaban J connectivity index is 1.99. The van der Waals surface area contributed by atoms with E-state index in [-0.39, 0.29) is 11.1 Å². The lowest BCUT2D eigenvalue weighted by Gasteiger charge is -2.04. The third-order valence-electron chi connectivity index (χ3n) is 2.99. The van der Waals surface area contributed by atoms with Gasteiger partial charge in [0.05, 0.1) is 11.8 Å². The molecule has 5 heteroatoms. The van der Waals surface area contributed by atoms with Crippen molar-refractivity contribution in [1.82, 2.24) is 10.4 Å². The molecule has 0 saturated heterocycles. The van der Waals surface area contributed by atoms with Crippen LogP contribution in [0.4, 0.5) is 0 Å². The van der Waals surface area contributed by atoms with E-state index in [1.807, 2.05) is 24.3 Å². The maximum atomic E-state index is 11.8. The molecule has 21 heavy (non-hydrogen) atoms. The average Bonchev–Trinajstić information content (AvgIpc) is 2.48. The number of pyridine rings is 1. The Morgan fingerprint density at radius 3 is 2.62 bits per heavy atom. The van der Waals surface area contributed by atoms with Crippen molar-refractivity contribution in [3.63, 3.8) is 0 Å². The van der Waals surface area contributed by atoms with Gasteiger partial charge < -0.3 is 0 Å². The fourth-order valence-corrected chi connectivity index (χ4v) is 1.95. The first-order valence-electron chi connectivity index (χ1n) is 6.62. The third-order valence-corrected chi connectivity index (χ3v) is 3.29. The third kappa shape index (κ3) is 4.13. The highest BCUT2D eigenvalue weighted by Gasteiger charge is 2.08. The van der Waals surface area contributed by atoms with Gasteiger partial charge in [-0.2, -0.15) is 5.10 Å². The molecule has 0 fully saturated rings. The number of rotatable bonds is 4. The summed E-state index contributed by atoms with van der Waals surface area (Å²) in [5, 5.41) is 4.08. The van der Waals surface area contributed by atoms with Gasteiger partial charge in [0.1, 0.15) is 5.15 Å². The fourth-order valence-electron chi connectivity index (χ4n) is 1.75. The van der Waals surface area contributed by atoms with Crippen LogP contribution in [0.15, 0.2) is 47.7 Å². The number of benzene rings is 1. The lowest BCUT2D eigenvalue weighted by molar-refractivity contribution is 0.0955. The summed E-state index contributed by atoms with van der Waals surface area (Å²) < 4.78 is 0. The van der Waals surface area contributed by atoms with Gasteiger partial charge in [0.15, 0.2) is 0 Å². The maximum absolute atomic E-state index is 11.8. The normalized spacial score (nSPS) is 11.0. The van der Waals surface area contributed by atoms with E-state index in [2.05, 4.69) is 29.4 Å². The minimum atomic E-state index is -0.386. The Morgan fingerprint density at radius 1 is 1.29 bits per heavy atom. The standard InChI is InChI=1S/C16H16ClN3O/c1-11(2)13-7-5-12(6-8-13)10-19-20-16(21)14-4-3-9-18-15(14)17/h3-11H,1-2H3,(H,20,21)/b19-10+. The zero-order chi connectivity index (χ0) is 15.2. The van der Waals surface area contributed by atoms with Crippen molar-refractivity contribution in [1.29, 1.82) is 0 Å². The van der Waals surface area contributed by atoms with E-state index in [4.69, 9.17) is 11.6 Å². The lowest BCUT2D eigenvalue weighted by Crippen LogP contribution is -2.18. The number of carbonyl (C=O) groups is 1. The Kier molecular flexibility index (Phi) is 5.06. The van der Waals surface area contributed by atoms with E-state index in [0.29, 0.717) is 11.5 Å². The quantitative estimate of drug-likeness (QED) is 0.533. The molecular weight excluding hydrogens is 286 g/mol. The van der Waals surface area contributed by atoms with E-state index in [9.17, 15) is 4.79 Å². The summed E-state index contributed by atoms with van der Waals surface area (Å²) in [6.07, 6.45) is 3.12. The van der Waals surface area contributed by atoms with Crippen LogP contribution in [-0.4, -0.2) is 17.1 Å². The van der Waals surface area contributed by atoms with Gasteiger partial charge >= 0.3 is 0 Å². The Morgan fingerprint density at radius 2 is 2.00 bits per heavy atom. The summed E-state index contributed by atoms with van der Waals surface area (Å²) in [4.78, 5) is 15.7. The summed E-state index contributed by atoms with van der Waals surface area (Å²) in [5.74, 6) is 0.103. The maximum Gasteiger partial charge on any atom is 0.274 e. The highest BCUT2D eigenvalue weighted by molar-refractivity contribution is 6.32. The van der Waals surface area contributed by atoms with Crippen LogP contribution in [0.5, 0.6) is 0 Å². The first-order valence-corrected chi connectivity index (χ1v) is 6.99. The minimum absolute atomic E-state index is 0.159. The van der Waals surface area contributed by atoms with Gasteiger partial charge in [0.25, 0.3) is 5.91 Å². The molecule has 0 radical (unpaired) electrons. The van der Waals surface area contributed by atoms with Gasteiger partial charge in [-0.15, -0.1) is 0 Å². The van der Waals surface area contributed by atoms with Gasteiger partial charge in [-0.05, 0) is 29.2 Å². The minimum Gasteiger partial charge on any atom is -0.267 e. The molecule has 0 aliphatic rings. The molecule has 0 aliphatic heterocycles. The fraction of sp³-hybridized carbons (Fsp3) is 0.188. The molecule has 1 N–H and O–H groups in total. The predicted octanol–water partition coefficient (Wildman–Crippen LogP) is 3.62. The van der Waals surface area contributed by atoms with Crippen molar-refractivity contribution in [2.45, 2.75) is 19.8 Å². The molecule has 1 amide bonds. The number of nitrogens with zero attached hydrogens (tertiary/aromatic N) is 2. The number of hydrazone groups is 1. The Hall–Kier alpha value is -2.20. The number of amides is 1. The van der Waals surface area contributed by atoms with Crippen LogP contribution in [0, 0.1) is 0 Å². The molecule has 2 aromatic rings. The first kappa shape index (κ1) is 15.2. The zero-order valence-corrected chi connectivity index (χ0v) is 12.6. The van der Waals surface area contributed by atoms with Crippen molar-refractivity contribution < 1.29 is 4.79 Å². The van der Waals surface area contributed by atoms with Crippen molar-refractivity contribution in [2.75, 3.05) is 0 Å². The Labute approximate surface area is 128 Å². The molecular formula is C16H16ClN3O. The molecule has 0 aliphatic carbocycles. The average molecular weight is 302 g/mol. The summed E-state index contributed by atoms with van der Waals surface area (Å²) in [5.41, 5.74) is 4.91. The first-order chi connectivity index (χ1) is 10.1. The molecule has 0 atom stereocenters. The predicted molar refractivity (Wildman–Crippen MR) is 84.8 cm³/mol. The van der Waals surface area contributed by atoms with Crippen LogP contribution >= 0.6 is 11.6 Å². The number of aromatic nitrogens is 1. The highest BCUT2D eigenvalue weighted by atomic mass is 35.5. The molecule has 2 rings (SSSR count). The van der Waals surface area contributed by atoms with Gasteiger partial charge in [-0.1, -0.05) is 49.7 Å². The number of hydrogen-bond acceptors (Lipinski definition) is 3.